The molecular weight excluding hydrogens is 396 g/mol. The van der Waals surface area contributed by atoms with Crippen LogP contribution in [0.2, 0.25) is 5.02 Å². The number of nitrogens with one attached hydrogen (secondary N) is 1. The first-order valence-electron chi connectivity index (χ1n) is 9.18. The van der Waals surface area contributed by atoms with Crippen LogP contribution in [0.3, 0.4) is 0 Å². The van der Waals surface area contributed by atoms with E-state index in [2.05, 4.69) is 62.5 Å². The molecule has 2 aliphatic heterocycles. The molecule has 0 radical (unpaired) electrons. The molecular formula is C21H24BrClN2. The van der Waals surface area contributed by atoms with Gasteiger partial charge in [0.05, 0.1) is 0 Å². The molecule has 2 nitrogen and oxygen atoms in total. The zero-order valence-corrected chi connectivity index (χ0v) is 16.7. The van der Waals surface area contributed by atoms with Crippen LogP contribution in [0.5, 0.6) is 0 Å². The molecule has 132 valence electrons. The number of fused-ring (bicyclic) bond motifs is 1. The van der Waals surface area contributed by atoms with Crippen LogP contribution in [0.4, 0.5) is 5.69 Å². The Morgan fingerprint density at radius 3 is 2.76 bits per heavy atom. The molecule has 1 saturated heterocycles. The van der Waals surface area contributed by atoms with Gasteiger partial charge in [0.1, 0.15) is 0 Å². The zero-order chi connectivity index (χ0) is 17.2. The fourth-order valence-electron chi connectivity index (χ4n) is 4.22. The summed E-state index contributed by atoms with van der Waals surface area (Å²) in [6.07, 6.45) is 3.68. The molecule has 0 saturated carbocycles. The molecule has 2 aliphatic rings. The Labute approximate surface area is 163 Å². The molecule has 25 heavy (non-hydrogen) atoms. The molecule has 0 aliphatic carbocycles. The van der Waals surface area contributed by atoms with Crippen molar-refractivity contribution < 1.29 is 0 Å². The number of rotatable bonds is 4. The van der Waals surface area contributed by atoms with E-state index in [1.165, 1.54) is 53.8 Å². The van der Waals surface area contributed by atoms with E-state index in [-0.39, 0.29) is 0 Å². The first kappa shape index (κ1) is 17.4. The Kier molecular flexibility index (Phi) is 5.35. The lowest BCUT2D eigenvalue weighted by Crippen LogP contribution is -2.37. The highest BCUT2D eigenvalue weighted by molar-refractivity contribution is 9.10. The first-order valence-corrected chi connectivity index (χ1v) is 10.4. The zero-order valence-electron chi connectivity index (χ0n) is 14.3. The number of benzene rings is 2. The van der Waals surface area contributed by atoms with Crippen molar-refractivity contribution in [2.75, 3.05) is 31.5 Å². The van der Waals surface area contributed by atoms with E-state index in [4.69, 9.17) is 11.6 Å². The second kappa shape index (κ2) is 7.69. The number of hydrogen-bond acceptors (Lipinski definition) is 2. The van der Waals surface area contributed by atoms with Gasteiger partial charge in [0.25, 0.3) is 0 Å². The highest BCUT2D eigenvalue weighted by Crippen LogP contribution is 2.33. The third-order valence-corrected chi connectivity index (χ3v) is 6.65. The number of likely N-dealkylation sites (tertiary alicyclic amines) is 1. The molecule has 1 unspecified atom stereocenters. The van der Waals surface area contributed by atoms with Crippen LogP contribution >= 0.6 is 27.5 Å². The van der Waals surface area contributed by atoms with Crippen molar-refractivity contribution in [3.8, 4) is 0 Å². The molecule has 1 atom stereocenters. The van der Waals surface area contributed by atoms with Crippen molar-refractivity contribution in [1.82, 2.24) is 4.90 Å². The minimum atomic E-state index is 0.634. The average Bonchev–Trinajstić information content (AvgIpc) is 3.03. The molecule has 4 heteroatoms. The lowest BCUT2D eigenvalue weighted by molar-refractivity contribution is 0.177. The van der Waals surface area contributed by atoms with E-state index < -0.39 is 0 Å². The number of anilines is 1. The van der Waals surface area contributed by atoms with E-state index >= 15 is 0 Å². The van der Waals surface area contributed by atoms with Gasteiger partial charge in [0.2, 0.25) is 0 Å². The lowest BCUT2D eigenvalue weighted by atomic mass is 9.89. The Hall–Kier alpha value is -1.03. The molecule has 2 aromatic carbocycles. The molecule has 0 aromatic heterocycles. The van der Waals surface area contributed by atoms with Gasteiger partial charge in [-0.25, -0.2) is 0 Å². The summed E-state index contributed by atoms with van der Waals surface area (Å²) in [6, 6.07) is 14.9. The second-order valence-corrected chi connectivity index (χ2v) is 8.64. The van der Waals surface area contributed by atoms with Crippen LogP contribution in [0.15, 0.2) is 46.9 Å². The summed E-state index contributed by atoms with van der Waals surface area (Å²) in [6.45, 7) is 4.68. The van der Waals surface area contributed by atoms with E-state index in [0.717, 1.165) is 23.9 Å². The standard InChI is InChI=1S/C21H24BrClN2/c22-20-6-5-18(23)12-16(20)11-15-7-9-25(10-8-15)14-17-13-24-21-4-2-1-3-19(17)21/h1-6,12,15,17,24H,7-11,13-14H2. The van der Waals surface area contributed by atoms with Gasteiger partial charge < -0.3 is 10.2 Å². The van der Waals surface area contributed by atoms with E-state index in [1.54, 1.807) is 0 Å². The summed E-state index contributed by atoms with van der Waals surface area (Å²) >= 11 is 9.83. The van der Waals surface area contributed by atoms with Gasteiger partial charge >= 0.3 is 0 Å². The molecule has 1 N–H and O–H groups in total. The fourth-order valence-corrected chi connectivity index (χ4v) is 4.82. The normalized spacial score (nSPS) is 21.1. The fraction of sp³-hybridized carbons (Fsp3) is 0.429. The van der Waals surface area contributed by atoms with Crippen LogP contribution in [0.25, 0.3) is 0 Å². The molecule has 1 fully saturated rings. The maximum absolute atomic E-state index is 6.16. The van der Waals surface area contributed by atoms with Crippen LogP contribution < -0.4 is 5.32 Å². The van der Waals surface area contributed by atoms with Gasteiger partial charge in [-0.05, 0) is 73.7 Å². The highest BCUT2D eigenvalue weighted by atomic mass is 79.9. The summed E-state index contributed by atoms with van der Waals surface area (Å²) < 4.78 is 1.19. The van der Waals surface area contributed by atoms with E-state index in [1.807, 2.05) is 6.07 Å². The monoisotopic (exact) mass is 418 g/mol. The van der Waals surface area contributed by atoms with Gasteiger partial charge in [-0.2, -0.15) is 0 Å². The number of para-hydroxylation sites is 1. The average molecular weight is 420 g/mol. The van der Waals surface area contributed by atoms with E-state index in [9.17, 15) is 0 Å². The molecule has 4 rings (SSSR count). The van der Waals surface area contributed by atoms with Crippen molar-refractivity contribution in [3.05, 3.63) is 63.1 Å². The van der Waals surface area contributed by atoms with Gasteiger partial charge in [0.15, 0.2) is 0 Å². The highest BCUT2D eigenvalue weighted by Gasteiger charge is 2.26. The third-order valence-electron chi connectivity index (χ3n) is 5.64. The van der Waals surface area contributed by atoms with Crippen LogP contribution in [-0.2, 0) is 6.42 Å². The first-order chi connectivity index (χ1) is 12.2. The Morgan fingerprint density at radius 2 is 1.92 bits per heavy atom. The van der Waals surface area contributed by atoms with Crippen molar-refractivity contribution in [2.45, 2.75) is 25.2 Å². The number of hydrogen-bond donors (Lipinski definition) is 1. The number of nitrogens with zero attached hydrogens (tertiary/aromatic N) is 1. The van der Waals surface area contributed by atoms with Gasteiger partial charge in [-0.15, -0.1) is 0 Å². The molecule has 0 bridgehead atoms. The van der Waals surface area contributed by atoms with Gasteiger partial charge in [0, 0.05) is 34.2 Å². The predicted molar refractivity (Wildman–Crippen MR) is 110 cm³/mol. The van der Waals surface area contributed by atoms with Crippen molar-refractivity contribution in [2.24, 2.45) is 5.92 Å². The quantitative estimate of drug-likeness (QED) is 0.697. The Bertz CT molecular complexity index is 740. The van der Waals surface area contributed by atoms with Crippen LogP contribution in [-0.4, -0.2) is 31.1 Å². The van der Waals surface area contributed by atoms with E-state index in [0.29, 0.717) is 5.92 Å². The van der Waals surface area contributed by atoms with Gasteiger partial charge in [-0.1, -0.05) is 45.7 Å². The largest absolute Gasteiger partial charge is 0.384 e. The summed E-state index contributed by atoms with van der Waals surface area (Å²) in [5.41, 5.74) is 4.17. The number of piperidine rings is 1. The summed E-state index contributed by atoms with van der Waals surface area (Å²) in [4.78, 5) is 2.65. The van der Waals surface area contributed by atoms with Crippen molar-refractivity contribution >= 4 is 33.2 Å². The number of halogens is 2. The van der Waals surface area contributed by atoms with Crippen molar-refractivity contribution in [3.63, 3.8) is 0 Å². The SMILES string of the molecule is Clc1ccc(Br)c(CC2CCN(CC3CNc4ccccc43)CC2)c1. The predicted octanol–water partition coefficient (Wildman–Crippen LogP) is 5.57. The van der Waals surface area contributed by atoms with Crippen molar-refractivity contribution in [1.29, 1.82) is 0 Å². The smallest absolute Gasteiger partial charge is 0.0409 e. The Morgan fingerprint density at radius 1 is 1.12 bits per heavy atom. The molecule has 0 amide bonds. The van der Waals surface area contributed by atoms with Crippen LogP contribution in [0.1, 0.15) is 29.9 Å². The maximum atomic E-state index is 6.16. The van der Waals surface area contributed by atoms with Gasteiger partial charge in [-0.3, -0.25) is 0 Å². The molecule has 0 spiro atoms. The molecule has 2 heterocycles. The minimum Gasteiger partial charge on any atom is -0.384 e. The Balaban J connectivity index is 1.31. The lowest BCUT2D eigenvalue weighted by Gasteiger charge is -2.33. The summed E-state index contributed by atoms with van der Waals surface area (Å²) in [7, 11) is 0. The topological polar surface area (TPSA) is 15.3 Å². The molecule has 2 aromatic rings. The third kappa shape index (κ3) is 4.05. The summed E-state index contributed by atoms with van der Waals surface area (Å²) in [5.74, 6) is 1.40. The van der Waals surface area contributed by atoms with Crippen LogP contribution in [0, 0.1) is 5.92 Å². The minimum absolute atomic E-state index is 0.634. The second-order valence-electron chi connectivity index (χ2n) is 7.35. The summed E-state index contributed by atoms with van der Waals surface area (Å²) in [5, 5.41) is 4.38. The maximum Gasteiger partial charge on any atom is 0.0409 e.